The van der Waals surface area contributed by atoms with E-state index in [2.05, 4.69) is 66.2 Å². The van der Waals surface area contributed by atoms with Crippen LogP contribution in [0, 0.1) is 5.41 Å². The van der Waals surface area contributed by atoms with E-state index in [9.17, 15) is 0 Å². The summed E-state index contributed by atoms with van der Waals surface area (Å²) in [5, 5.41) is 17.1. The van der Waals surface area contributed by atoms with Crippen molar-refractivity contribution in [3.8, 4) is 5.69 Å². The highest BCUT2D eigenvalue weighted by molar-refractivity contribution is 6.09. The molecule has 142 valence electrons. The number of fused-ring (bicyclic) bond motifs is 1. The lowest BCUT2D eigenvalue weighted by molar-refractivity contribution is -0.134. The molecule has 0 fully saturated rings. The summed E-state index contributed by atoms with van der Waals surface area (Å²) in [6.45, 7) is 3.30. The summed E-state index contributed by atoms with van der Waals surface area (Å²) in [6.07, 6.45) is 7.82. The van der Waals surface area contributed by atoms with Crippen LogP contribution in [0.1, 0.15) is 51.5 Å². The Morgan fingerprint density at radius 3 is 2.30 bits per heavy atom. The average Bonchev–Trinajstić information content (AvgIpc) is 3.05. The fourth-order valence-corrected chi connectivity index (χ4v) is 3.09. The minimum absolute atomic E-state index is 0.756. The number of aromatic nitrogens is 1. The van der Waals surface area contributed by atoms with Gasteiger partial charge in [-0.05, 0) is 31.0 Å². The third-order valence-electron chi connectivity index (χ3n) is 4.35. The summed E-state index contributed by atoms with van der Waals surface area (Å²) in [5.41, 5.74) is 4.15. The number of carbonyl (C=O) groups is 1. The topological polar surface area (TPSA) is 66.1 Å². The van der Waals surface area contributed by atoms with Crippen molar-refractivity contribution >= 4 is 22.6 Å². The quantitative estimate of drug-likeness (QED) is 0.395. The zero-order valence-corrected chi connectivity index (χ0v) is 16.1. The van der Waals surface area contributed by atoms with E-state index >= 15 is 0 Å². The third-order valence-corrected chi connectivity index (χ3v) is 4.35. The van der Waals surface area contributed by atoms with Gasteiger partial charge in [0.1, 0.15) is 0 Å². The first kappa shape index (κ1) is 20.4. The van der Waals surface area contributed by atoms with Crippen LogP contribution in [0.4, 0.5) is 0 Å². The maximum absolute atomic E-state index is 9.00. The SMILES string of the molecule is CC(=O)O.CCCCCCC(=N)c1cn(-c2ccccc2)c2ccccc12. The van der Waals surface area contributed by atoms with E-state index in [4.69, 9.17) is 15.3 Å². The van der Waals surface area contributed by atoms with Gasteiger partial charge in [0.25, 0.3) is 5.97 Å². The molecule has 4 heteroatoms. The number of carboxylic acids is 1. The van der Waals surface area contributed by atoms with Crippen LogP contribution in [-0.2, 0) is 4.79 Å². The Morgan fingerprint density at radius 2 is 1.63 bits per heavy atom. The Balaban J connectivity index is 0.000000596. The molecule has 0 spiro atoms. The molecule has 0 amide bonds. The fourth-order valence-electron chi connectivity index (χ4n) is 3.09. The second-order valence-electron chi connectivity index (χ2n) is 6.57. The number of aliphatic carboxylic acids is 1. The standard InChI is InChI=1S/C21H24N2.C2H4O2/c1-2-3-4-8-14-20(22)19-16-23(17-11-6-5-7-12-17)21-15-10-9-13-18(19)21;1-2(3)4/h5-7,9-13,15-16,22H,2-4,8,14H2,1H3;1H3,(H,3,4). The Morgan fingerprint density at radius 1 is 1.00 bits per heavy atom. The zero-order chi connectivity index (χ0) is 19.6. The molecule has 0 aliphatic carbocycles. The van der Waals surface area contributed by atoms with E-state index in [1.165, 1.54) is 30.2 Å². The fraction of sp³-hybridized carbons (Fsp3) is 0.304. The van der Waals surface area contributed by atoms with Crippen molar-refractivity contribution in [2.45, 2.75) is 46.0 Å². The van der Waals surface area contributed by atoms with Crippen molar-refractivity contribution in [3.63, 3.8) is 0 Å². The van der Waals surface area contributed by atoms with Crippen molar-refractivity contribution < 1.29 is 9.90 Å². The van der Waals surface area contributed by atoms with Gasteiger partial charge in [0.05, 0.1) is 5.52 Å². The number of rotatable bonds is 7. The van der Waals surface area contributed by atoms with E-state index in [1.54, 1.807) is 0 Å². The molecule has 3 rings (SSSR count). The van der Waals surface area contributed by atoms with Gasteiger partial charge in [-0.15, -0.1) is 0 Å². The highest BCUT2D eigenvalue weighted by Crippen LogP contribution is 2.26. The maximum Gasteiger partial charge on any atom is 0.300 e. The summed E-state index contributed by atoms with van der Waals surface area (Å²) in [5.74, 6) is -0.833. The second kappa shape index (κ2) is 10.3. The molecule has 0 saturated carbocycles. The van der Waals surface area contributed by atoms with Gasteiger partial charge < -0.3 is 15.1 Å². The van der Waals surface area contributed by atoms with Gasteiger partial charge in [0.15, 0.2) is 0 Å². The van der Waals surface area contributed by atoms with Crippen LogP contribution >= 0.6 is 0 Å². The van der Waals surface area contributed by atoms with Gasteiger partial charge in [-0.3, -0.25) is 4.79 Å². The van der Waals surface area contributed by atoms with Gasteiger partial charge in [0.2, 0.25) is 0 Å². The molecule has 0 atom stereocenters. The molecule has 3 aromatic rings. The molecule has 0 bridgehead atoms. The van der Waals surface area contributed by atoms with Gasteiger partial charge >= 0.3 is 0 Å². The van der Waals surface area contributed by atoms with Gasteiger partial charge in [0, 0.05) is 35.5 Å². The van der Waals surface area contributed by atoms with Crippen molar-refractivity contribution in [1.29, 1.82) is 5.41 Å². The van der Waals surface area contributed by atoms with E-state index < -0.39 is 5.97 Å². The Hall–Kier alpha value is -2.88. The predicted octanol–water partition coefficient (Wildman–Crippen LogP) is 6.06. The normalized spacial score (nSPS) is 10.3. The first-order valence-electron chi connectivity index (χ1n) is 9.47. The number of hydrogen-bond donors (Lipinski definition) is 2. The Kier molecular flexibility index (Phi) is 7.80. The molecule has 1 heterocycles. The minimum Gasteiger partial charge on any atom is -0.481 e. The molecule has 2 N–H and O–H groups in total. The van der Waals surface area contributed by atoms with E-state index in [-0.39, 0.29) is 0 Å². The second-order valence-corrected chi connectivity index (χ2v) is 6.57. The molecular weight excluding hydrogens is 336 g/mol. The Bertz CT molecular complexity index is 878. The molecule has 0 aliphatic rings. The van der Waals surface area contributed by atoms with Gasteiger partial charge in [-0.25, -0.2) is 0 Å². The van der Waals surface area contributed by atoms with Crippen molar-refractivity contribution in [2.75, 3.05) is 0 Å². The van der Waals surface area contributed by atoms with Crippen LogP contribution in [-0.4, -0.2) is 21.4 Å². The molecule has 4 nitrogen and oxygen atoms in total. The summed E-state index contributed by atoms with van der Waals surface area (Å²) in [6, 6.07) is 18.8. The lowest BCUT2D eigenvalue weighted by atomic mass is 10.0. The number of nitrogens with zero attached hydrogens (tertiary/aromatic N) is 1. The van der Waals surface area contributed by atoms with Gasteiger partial charge in [-0.2, -0.15) is 0 Å². The van der Waals surface area contributed by atoms with Crippen molar-refractivity contribution in [1.82, 2.24) is 4.57 Å². The number of benzene rings is 2. The lowest BCUT2D eigenvalue weighted by Crippen LogP contribution is -1.98. The molecular formula is C23H28N2O2. The maximum atomic E-state index is 9.00. The van der Waals surface area contributed by atoms with Crippen LogP contribution in [0.3, 0.4) is 0 Å². The van der Waals surface area contributed by atoms with E-state index in [1.807, 2.05) is 6.07 Å². The first-order valence-corrected chi connectivity index (χ1v) is 9.47. The molecule has 0 saturated heterocycles. The van der Waals surface area contributed by atoms with Crippen molar-refractivity contribution in [3.05, 3.63) is 66.4 Å². The summed E-state index contributed by atoms with van der Waals surface area (Å²) >= 11 is 0. The number of hydrogen-bond acceptors (Lipinski definition) is 2. The minimum atomic E-state index is -0.833. The highest BCUT2D eigenvalue weighted by atomic mass is 16.4. The monoisotopic (exact) mass is 364 g/mol. The average molecular weight is 364 g/mol. The van der Waals surface area contributed by atoms with Crippen LogP contribution in [0.15, 0.2) is 60.8 Å². The van der Waals surface area contributed by atoms with Crippen LogP contribution < -0.4 is 0 Å². The Labute approximate surface area is 161 Å². The highest BCUT2D eigenvalue weighted by Gasteiger charge is 2.12. The molecule has 0 aliphatic heterocycles. The first-order chi connectivity index (χ1) is 13.0. The van der Waals surface area contributed by atoms with Crippen LogP contribution in [0.25, 0.3) is 16.6 Å². The summed E-state index contributed by atoms with van der Waals surface area (Å²) in [4.78, 5) is 9.00. The molecule has 0 radical (unpaired) electrons. The third kappa shape index (κ3) is 5.81. The molecule has 2 aromatic carbocycles. The smallest absolute Gasteiger partial charge is 0.300 e. The number of carboxylic acid groups (broad SMARTS) is 1. The van der Waals surface area contributed by atoms with E-state index in [0.717, 1.165) is 36.7 Å². The largest absolute Gasteiger partial charge is 0.481 e. The lowest BCUT2D eigenvalue weighted by Gasteiger charge is -2.04. The number of para-hydroxylation sites is 2. The van der Waals surface area contributed by atoms with Gasteiger partial charge in [-0.1, -0.05) is 62.6 Å². The summed E-state index contributed by atoms with van der Waals surface area (Å²) < 4.78 is 2.20. The predicted molar refractivity (Wildman–Crippen MR) is 112 cm³/mol. The number of nitrogens with one attached hydrogen (secondary N) is 1. The zero-order valence-electron chi connectivity index (χ0n) is 16.1. The van der Waals surface area contributed by atoms with E-state index in [0.29, 0.717) is 0 Å². The van der Waals surface area contributed by atoms with Crippen LogP contribution in [0.5, 0.6) is 0 Å². The molecule has 0 unspecified atom stereocenters. The van der Waals surface area contributed by atoms with Crippen LogP contribution in [0.2, 0.25) is 0 Å². The summed E-state index contributed by atoms with van der Waals surface area (Å²) in [7, 11) is 0. The number of unbranched alkanes of at least 4 members (excludes halogenated alkanes) is 3. The van der Waals surface area contributed by atoms with Crippen molar-refractivity contribution in [2.24, 2.45) is 0 Å². The molecule has 1 aromatic heterocycles. The molecule has 27 heavy (non-hydrogen) atoms.